The van der Waals surface area contributed by atoms with Crippen LogP contribution in [0, 0.1) is 20.8 Å². The van der Waals surface area contributed by atoms with Crippen molar-refractivity contribution in [2.45, 2.75) is 33.3 Å². The van der Waals surface area contributed by atoms with E-state index in [0.29, 0.717) is 6.54 Å². The first-order valence-electron chi connectivity index (χ1n) is 5.66. The summed E-state index contributed by atoms with van der Waals surface area (Å²) in [4.78, 5) is 0. The van der Waals surface area contributed by atoms with E-state index in [2.05, 4.69) is 5.43 Å². The summed E-state index contributed by atoms with van der Waals surface area (Å²) < 4.78 is 5.36. The number of aliphatic hydroxyl groups is 1. The largest absolute Gasteiger partial charge is 0.496 e. The number of methoxy groups -OCH3 is 1. The fourth-order valence-electron chi connectivity index (χ4n) is 2.23. The van der Waals surface area contributed by atoms with E-state index >= 15 is 0 Å². The number of nitrogens with two attached hydrogens (primary N) is 1. The van der Waals surface area contributed by atoms with Crippen LogP contribution in [0.2, 0.25) is 0 Å². The zero-order valence-corrected chi connectivity index (χ0v) is 11.2. The molecule has 0 aliphatic heterocycles. The molecule has 0 saturated heterocycles. The first-order chi connectivity index (χ1) is 7.85. The average Bonchev–Trinajstić information content (AvgIpc) is 2.24. The van der Waals surface area contributed by atoms with Crippen LogP contribution in [-0.2, 0) is 5.60 Å². The van der Waals surface area contributed by atoms with Gasteiger partial charge in [-0.3, -0.25) is 11.3 Å². The van der Waals surface area contributed by atoms with Gasteiger partial charge in [0, 0.05) is 6.54 Å². The van der Waals surface area contributed by atoms with Gasteiger partial charge in [-0.05, 0) is 56.0 Å². The van der Waals surface area contributed by atoms with Gasteiger partial charge in [-0.2, -0.15) is 0 Å². The lowest BCUT2D eigenvalue weighted by Crippen LogP contribution is -2.39. The monoisotopic (exact) mass is 238 g/mol. The predicted octanol–water partition coefficient (Wildman–Crippen LogP) is 1.29. The quantitative estimate of drug-likeness (QED) is 0.546. The van der Waals surface area contributed by atoms with Crippen LogP contribution in [-0.4, -0.2) is 18.8 Å². The summed E-state index contributed by atoms with van der Waals surface area (Å²) in [5, 5.41) is 10.4. The fourth-order valence-corrected chi connectivity index (χ4v) is 2.23. The minimum atomic E-state index is -0.985. The molecule has 1 aromatic carbocycles. The van der Waals surface area contributed by atoms with Crippen molar-refractivity contribution in [3.05, 3.63) is 28.3 Å². The minimum Gasteiger partial charge on any atom is -0.496 e. The van der Waals surface area contributed by atoms with Gasteiger partial charge in [0.25, 0.3) is 0 Å². The van der Waals surface area contributed by atoms with Gasteiger partial charge < -0.3 is 9.84 Å². The molecule has 17 heavy (non-hydrogen) atoms. The summed E-state index contributed by atoms with van der Waals surface area (Å²) in [7, 11) is 1.66. The van der Waals surface area contributed by atoms with E-state index in [-0.39, 0.29) is 0 Å². The Morgan fingerprint density at radius 1 is 1.35 bits per heavy atom. The van der Waals surface area contributed by atoms with E-state index in [1.807, 2.05) is 26.8 Å². The number of rotatable bonds is 4. The molecule has 1 aromatic rings. The van der Waals surface area contributed by atoms with Crippen LogP contribution in [0.3, 0.4) is 0 Å². The topological polar surface area (TPSA) is 67.5 Å². The number of benzene rings is 1. The van der Waals surface area contributed by atoms with E-state index in [1.54, 1.807) is 14.0 Å². The van der Waals surface area contributed by atoms with Gasteiger partial charge in [-0.15, -0.1) is 0 Å². The molecule has 0 fully saturated rings. The van der Waals surface area contributed by atoms with Crippen LogP contribution >= 0.6 is 0 Å². The van der Waals surface area contributed by atoms with E-state index in [9.17, 15) is 5.11 Å². The third-order valence-corrected chi connectivity index (χ3v) is 3.26. The molecule has 1 rings (SSSR count). The smallest absolute Gasteiger partial charge is 0.124 e. The Bertz CT molecular complexity index is 414. The molecular formula is C13H22N2O2. The maximum atomic E-state index is 10.4. The summed E-state index contributed by atoms with van der Waals surface area (Å²) in [6.45, 7) is 8.01. The van der Waals surface area contributed by atoms with Crippen molar-refractivity contribution in [3.63, 3.8) is 0 Å². The Kier molecular flexibility index (Phi) is 4.14. The standard InChI is InChI=1S/C13H22N2O2/c1-8-6-11(13(4,16)7-15-14)9(2)10(3)12(8)17-5/h6,15-16H,7,14H2,1-5H3. The molecule has 0 saturated carbocycles. The molecule has 4 nitrogen and oxygen atoms in total. The lowest BCUT2D eigenvalue weighted by molar-refractivity contribution is 0.0564. The van der Waals surface area contributed by atoms with E-state index in [1.165, 1.54) is 0 Å². The van der Waals surface area contributed by atoms with Crippen molar-refractivity contribution in [2.75, 3.05) is 13.7 Å². The highest BCUT2D eigenvalue weighted by Gasteiger charge is 2.26. The normalized spacial score (nSPS) is 14.5. The molecule has 0 amide bonds. The number of aryl methyl sites for hydroxylation is 1. The minimum absolute atomic E-state index is 0.305. The molecule has 0 spiro atoms. The van der Waals surface area contributed by atoms with Crippen LogP contribution in [0.1, 0.15) is 29.2 Å². The maximum absolute atomic E-state index is 10.4. The number of hydrogen-bond acceptors (Lipinski definition) is 4. The van der Waals surface area contributed by atoms with Crippen LogP contribution in [0.15, 0.2) is 6.07 Å². The van der Waals surface area contributed by atoms with Gasteiger partial charge in [0.2, 0.25) is 0 Å². The van der Waals surface area contributed by atoms with Crippen molar-refractivity contribution in [3.8, 4) is 5.75 Å². The zero-order chi connectivity index (χ0) is 13.2. The number of ether oxygens (including phenoxy) is 1. The zero-order valence-electron chi connectivity index (χ0n) is 11.2. The highest BCUT2D eigenvalue weighted by Crippen LogP contribution is 2.33. The summed E-state index contributed by atoms with van der Waals surface area (Å²) in [5.41, 5.74) is 5.52. The van der Waals surface area contributed by atoms with Crippen LogP contribution in [0.4, 0.5) is 0 Å². The molecule has 0 aliphatic carbocycles. The van der Waals surface area contributed by atoms with Gasteiger partial charge >= 0.3 is 0 Å². The molecule has 96 valence electrons. The van der Waals surface area contributed by atoms with Gasteiger partial charge in [0.05, 0.1) is 7.11 Å². The van der Waals surface area contributed by atoms with Crippen molar-refractivity contribution in [1.82, 2.24) is 5.43 Å². The Morgan fingerprint density at radius 3 is 2.41 bits per heavy atom. The van der Waals surface area contributed by atoms with Gasteiger partial charge in [-0.25, -0.2) is 0 Å². The summed E-state index contributed by atoms with van der Waals surface area (Å²) in [6.07, 6.45) is 0. The van der Waals surface area contributed by atoms with E-state index in [0.717, 1.165) is 28.0 Å². The van der Waals surface area contributed by atoms with Gasteiger partial charge in [-0.1, -0.05) is 0 Å². The molecule has 0 aromatic heterocycles. The SMILES string of the molecule is COc1c(C)cc(C(C)(O)CNN)c(C)c1C. The molecule has 4 heteroatoms. The summed E-state index contributed by atoms with van der Waals surface area (Å²) in [6, 6.07) is 1.96. The first-order valence-corrected chi connectivity index (χ1v) is 5.66. The molecule has 0 heterocycles. The number of hydrazine groups is 1. The van der Waals surface area contributed by atoms with Crippen molar-refractivity contribution >= 4 is 0 Å². The fraction of sp³-hybridized carbons (Fsp3) is 0.538. The summed E-state index contributed by atoms with van der Waals surface area (Å²) >= 11 is 0. The second-order valence-electron chi connectivity index (χ2n) is 4.68. The van der Waals surface area contributed by atoms with Gasteiger partial charge in [0.15, 0.2) is 0 Å². The Hall–Kier alpha value is -1.10. The Labute approximate surface area is 103 Å². The van der Waals surface area contributed by atoms with Crippen molar-refractivity contribution in [1.29, 1.82) is 0 Å². The van der Waals surface area contributed by atoms with Crippen LogP contribution in [0.25, 0.3) is 0 Å². The van der Waals surface area contributed by atoms with E-state index in [4.69, 9.17) is 10.6 Å². The lowest BCUT2D eigenvalue weighted by Gasteiger charge is -2.27. The first kappa shape index (κ1) is 14.0. The van der Waals surface area contributed by atoms with E-state index < -0.39 is 5.60 Å². The van der Waals surface area contributed by atoms with Crippen LogP contribution < -0.4 is 16.0 Å². The molecule has 0 radical (unpaired) electrons. The maximum Gasteiger partial charge on any atom is 0.124 e. The predicted molar refractivity (Wildman–Crippen MR) is 69.0 cm³/mol. The van der Waals surface area contributed by atoms with Crippen LogP contribution in [0.5, 0.6) is 5.75 Å². The second kappa shape index (κ2) is 5.04. The molecule has 0 bridgehead atoms. The van der Waals surface area contributed by atoms with Crippen molar-refractivity contribution in [2.24, 2.45) is 5.84 Å². The average molecular weight is 238 g/mol. The second-order valence-corrected chi connectivity index (χ2v) is 4.68. The molecule has 4 N–H and O–H groups in total. The lowest BCUT2D eigenvalue weighted by atomic mass is 9.87. The third kappa shape index (κ3) is 2.60. The molecule has 1 unspecified atom stereocenters. The molecule has 0 aliphatic rings. The van der Waals surface area contributed by atoms with Crippen molar-refractivity contribution < 1.29 is 9.84 Å². The van der Waals surface area contributed by atoms with Gasteiger partial charge in [0.1, 0.15) is 11.4 Å². The number of nitrogens with one attached hydrogen (secondary N) is 1. The highest BCUT2D eigenvalue weighted by molar-refractivity contribution is 5.50. The number of hydrogen-bond donors (Lipinski definition) is 3. The molecule has 1 atom stereocenters. The highest BCUT2D eigenvalue weighted by atomic mass is 16.5. The Morgan fingerprint density at radius 2 is 1.94 bits per heavy atom. The Balaban J connectivity index is 3.37. The molecular weight excluding hydrogens is 216 g/mol. The third-order valence-electron chi connectivity index (χ3n) is 3.26. The summed E-state index contributed by atoms with van der Waals surface area (Å²) in [5.74, 6) is 6.18.